The highest BCUT2D eigenvalue weighted by molar-refractivity contribution is 6.00. The van der Waals surface area contributed by atoms with Crippen LogP contribution in [0, 0.1) is 104 Å². The number of benzene rings is 10. The fraction of sp³-hybridized carbons (Fsp3) is 0.188. The van der Waals surface area contributed by atoms with Gasteiger partial charge in [-0.1, -0.05) is 102 Å². The van der Waals surface area contributed by atoms with Crippen LogP contribution in [0.5, 0.6) is 0 Å². The molecule has 5 nitrogen and oxygen atoms in total. The van der Waals surface area contributed by atoms with E-state index in [9.17, 15) is 0 Å². The van der Waals surface area contributed by atoms with Gasteiger partial charge in [0.1, 0.15) is 0 Å². The third-order valence-electron chi connectivity index (χ3n) is 17.4. The van der Waals surface area contributed by atoms with E-state index in [4.69, 9.17) is 24.9 Å². The predicted molar refractivity (Wildman–Crippen MR) is 367 cm³/mol. The van der Waals surface area contributed by atoms with Crippen LogP contribution >= 0.6 is 0 Å². The Hall–Kier alpha value is -9.45. The van der Waals surface area contributed by atoms with Crippen LogP contribution in [0.25, 0.3) is 109 Å². The largest absolute Gasteiger partial charge is 0.248 e. The van der Waals surface area contributed by atoms with Crippen molar-refractivity contribution in [2.75, 3.05) is 0 Å². The number of para-hydroxylation sites is 2. The lowest BCUT2D eigenvalue weighted by molar-refractivity contribution is 1.32. The van der Waals surface area contributed by atoms with Gasteiger partial charge in [-0.2, -0.15) is 0 Å². The predicted octanol–water partition coefficient (Wildman–Crippen LogP) is 21.6. The molecular formula is C80H75N5. The fourth-order valence-electron chi connectivity index (χ4n) is 11.5. The molecule has 0 aliphatic carbocycles. The van der Waals surface area contributed by atoms with Crippen LogP contribution < -0.4 is 0 Å². The average Bonchev–Trinajstić information content (AvgIpc) is 3.67. The number of rotatable bonds is 0. The molecule has 0 spiro atoms. The monoisotopic (exact) mass is 1110 g/mol. The fourth-order valence-corrected chi connectivity index (χ4v) is 11.5. The van der Waals surface area contributed by atoms with E-state index >= 15 is 0 Å². The summed E-state index contributed by atoms with van der Waals surface area (Å²) in [5.41, 5.74) is 30.5. The Kier molecular flexibility index (Phi) is 16.0. The Labute approximate surface area is 500 Å². The highest BCUT2D eigenvalue weighted by Gasteiger charge is 2.11. The summed E-state index contributed by atoms with van der Waals surface area (Å²) < 4.78 is 0. The number of hydrogen-bond donors (Lipinski definition) is 0. The minimum Gasteiger partial charge on any atom is -0.248 e. The van der Waals surface area contributed by atoms with Gasteiger partial charge in [0.15, 0.2) is 0 Å². The van der Waals surface area contributed by atoms with E-state index < -0.39 is 0 Å². The van der Waals surface area contributed by atoms with Gasteiger partial charge in [-0.05, 0) is 267 Å². The van der Waals surface area contributed by atoms with Crippen molar-refractivity contribution in [3.05, 3.63) is 265 Å². The lowest BCUT2D eigenvalue weighted by atomic mass is 9.99. The van der Waals surface area contributed by atoms with Gasteiger partial charge in [0.25, 0.3) is 0 Å². The van der Waals surface area contributed by atoms with Crippen molar-refractivity contribution in [3.8, 4) is 0 Å². The van der Waals surface area contributed by atoms with Crippen molar-refractivity contribution < 1.29 is 0 Å². The molecule has 5 aromatic heterocycles. The summed E-state index contributed by atoms with van der Waals surface area (Å²) in [7, 11) is 0. The molecule has 0 aliphatic rings. The average molecular weight is 1110 g/mol. The second-order valence-electron chi connectivity index (χ2n) is 23.8. The molecule has 0 saturated heterocycles. The van der Waals surface area contributed by atoms with Crippen LogP contribution in [0.4, 0.5) is 0 Å². The van der Waals surface area contributed by atoms with Gasteiger partial charge in [-0.25, -0.2) is 24.9 Å². The highest BCUT2D eigenvalue weighted by atomic mass is 14.7. The lowest BCUT2D eigenvalue weighted by Gasteiger charge is -2.09. The zero-order chi connectivity index (χ0) is 60.0. The second kappa shape index (κ2) is 23.7. The molecule has 420 valence electrons. The van der Waals surface area contributed by atoms with E-state index in [1.807, 2.05) is 12.1 Å². The lowest BCUT2D eigenvalue weighted by Crippen LogP contribution is -1.91. The zero-order valence-corrected chi connectivity index (χ0v) is 52.1. The van der Waals surface area contributed by atoms with Crippen molar-refractivity contribution in [2.45, 2.75) is 104 Å². The van der Waals surface area contributed by atoms with Crippen molar-refractivity contribution in [3.63, 3.8) is 0 Å². The van der Waals surface area contributed by atoms with Crippen molar-refractivity contribution >= 4 is 109 Å². The first-order chi connectivity index (χ1) is 40.8. The van der Waals surface area contributed by atoms with E-state index in [1.165, 1.54) is 137 Å². The molecule has 0 atom stereocenters. The molecule has 5 heterocycles. The zero-order valence-electron chi connectivity index (χ0n) is 52.1. The summed E-state index contributed by atoms with van der Waals surface area (Å²) in [4.78, 5) is 23.8. The molecule has 10 aromatic carbocycles. The summed E-state index contributed by atoms with van der Waals surface area (Å²) >= 11 is 0. The molecule has 0 bridgehead atoms. The Morgan fingerprint density at radius 2 is 0.635 bits per heavy atom. The van der Waals surface area contributed by atoms with E-state index in [0.29, 0.717) is 0 Å². The highest BCUT2D eigenvalue weighted by Crippen LogP contribution is 2.31. The molecule has 0 saturated carbocycles. The molecule has 15 aromatic rings. The van der Waals surface area contributed by atoms with Gasteiger partial charge in [0, 0.05) is 53.9 Å². The van der Waals surface area contributed by atoms with Gasteiger partial charge in [0.2, 0.25) is 0 Å². The standard InChI is InChI=1S/5C16H15N/c1-10-4-7-15-14(8-10)9-13-6-5-11(2)12(3)16(13)17-15;1-10-4-6-13-9-14-7-5-11(2)12(3)16(14)17-15(13)8-10;1-10-4-5-15-13(6-10)9-14-7-11(2)12(3)8-16(14)17-15;1-10-8-14-12(3)13-6-4-5-7-15(13)17-16(14)9-11(10)2;1-10-8-11(2)16-14(12(10)3)9-13-6-4-5-7-15(13)17-16/h5*4-9H,1-3H3. The molecule has 0 N–H and O–H groups in total. The van der Waals surface area contributed by atoms with Gasteiger partial charge >= 0.3 is 0 Å². The van der Waals surface area contributed by atoms with Gasteiger partial charge in [-0.15, -0.1) is 0 Å². The second-order valence-corrected chi connectivity index (χ2v) is 23.8. The molecule has 5 heteroatoms. The third kappa shape index (κ3) is 11.9. The van der Waals surface area contributed by atoms with Crippen LogP contribution in [0.1, 0.15) is 83.5 Å². The number of fused-ring (bicyclic) bond motifs is 10. The molecule has 0 aliphatic heterocycles. The summed E-state index contributed by atoms with van der Waals surface area (Å²) in [5, 5.41) is 12.4. The summed E-state index contributed by atoms with van der Waals surface area (Å²) in [5.74, 6) is 0. The molecule has 0 radical (unpaired) electrons. The summed E-state index contributed by atoms with van der Waals surface area (Å²) in [6, 6.07) is 64.5. The van der Waals surface area contributed by atoms with Crippen LogP contribution in [-0.4, -0.2) is 24.9 Å². The summed E-state index contributed by atoms with van der Waals surface area (Å²) in [6.07, 6.45) is 0. The smallest absolute Gasteiger partial charge is 0.0741 e. The van der Waals surface area contributed by atoms with E-state index in [2.05, 4.69) is 274 Å². The molecule has 15 rings (SSSR count). The molecule has 0 fully saturated rings. The molecule has 0 amide bonds. The first-order valence-electron chi connectivity index (χ1n) is 29.6. The quantitative estimate of drug-likeness (QED) is 0.142. The number of pyridine rings is 5. The van der Waals surface area contributed by atoms with Crippen LogP contribution in [0.2, 0.25) is 0 Å². The van der Waals surface area contributed by atoms with Gasteiger partial charge < -0.3 is 0 Å². The molecule has 0 unspecified atom stereocenters. The molecular weight excluding hydrogens is 1030 g/mol. The van der Waals surface area contributed by atoms with Crippen LogP contribution in [0.15, 0.2) is 182 Å². The number of hydrogen-bond acceptors (Lipinski definition) is 5. The van der Waals surface area contributed by atoms with Crippen molar-refractivity contribution in [1.82, 2.24) is 24.9 Å². The van der Waals surface area contributed by atoms with Gasteiger partial charge in [0.05, 0.1) is 55.2 Å². The Morgan fingerprint density at radius 1 is 0.188 bits per heavy atom. The van der Waals surface area contributed by atoms with E-state index in [0.717, 1.165) is 55.2 Å². The minimum atomic E-state index is 1.08. The Balaban J connectivity index is 0.000000111. The van der Waals surface area contributed by atoms with Crippen LogP contribution in [-0.2, 0) is 0 Å². The number of aromatic nitrogens is 5. The van der Waals surface area contributed by atoms with Crippen molar-refractivity contribution in [1.29, 1.82) is 0 Å². The van der Waals surface area contributed by atoms with Gasteiger partial charge in [-0.3, -0.25) is 0 Å². The van der Waals surface area contributed by atoms with Crippen molar-refractivity contribution in [2.24, 2.45) is 0 Å². The Bertz CT molecular complexity index is 5090. The maximum absolute atomic E-state index is 4.80. The van der Waals surface area contributed by atoms with E-state index in [-0.39, 0.29) is 0 Å². The first-order valence-corrected chi connectivity index (χ1v) is 29.6. The summed E-state index contributed by atoms with van der Waals surface area (Å²) in [6.45, 7) is 32.1. The Morgan fingerprint density at radius 3 is 1.31 bits per heavy atom. The maximum atomic E-state index is 4.80. The SMILES string of the molecule is Cc1cc(C)c2nc3ccccc3cc2c1C.Cc1cc2nc3ccccc3c(C)c2cc1C.Cc1ccc2cc3ccc(C)c(C)c3nc2c1.Cc1ccc2nc3c(C)c(C)ccc3cc2c1.Cc1ccc2nc3cc(C)c(C)cc3cc2c1. The minimum absolute atomic E-state index is 1.08. The topological polar surface area (TPSA) is 64.5 Å². The van der Waals surface area contributed by atoms with Crippen LogP contribution in [0.3, 0.4) is 0 Å². The first kappa shape index (κ1) is 57.4. The number of nitrogens with zero attached hydrogens (tertiary/aromatic N) is 5. The molecule has 85 heavy (non-hydrogen) atoms. The maximum Gasteiger partial charge on any atom is 0.0741 e. The van der Waals surface area contributed by atoms with E-state index in [1.54, 1.807) is 0 Å². The third-order valence-corrected chi connectivity index (χ3v) is 17.4. The normalized spacial score (nSPS) is 11.2. The number of aryl methyl sites for hydroxylation is 15.